The molecule has 130 valence electrons. The lowest BCUT2D eigenvalue weighted by Gasteiger charge is -2.18. The van der Waals surface area contributed by atoms with Crippen molar-refractivity contribution in [2.24, 2.45) is 0 Å². The number of rotatable bonds is 5. The number of nitrogens with one attached hydrogen (secondary N) is 1. The predicted octanol–water partition coefficient (Wildman–Crippen LogP) is 0.328. The Morgan fingerprint density at radius 1 is 1.38 bits per heavy atom. The molecule has 1 saturated heterocycles. The van der Waals surface area contributed by atoms with E-state index in [4.69, 9.17) is 4.74 Å². The number of benzene rings is 1. The molecule has 0 aliphatic carbocycles. The highest BCUT2D eigenvalue weighted by atomic mass is 32.2. The maximum atomic E-state index is 12.1. The van der Waals surface area contributed by atoms with Gasteiger partial charge in [0.15, 0.2) is 15.9 Å². The van der Waals surface area contributed by atoms with Crippen molar-refractivity contribution in [2.45, 2.75) is 18.8 Å². The van der Waals surface area contributed by atoms with Crippen LogP contribution < -0.4 is 5.32 Å². The molecule has 0 radical (unpaired) electrons. The zero-order valence-electron chi connectivity index (χ0n) is 13.3. The molecule has 1 aromatic rings. The van der Waals surface area contributed by atoms with Crippen molar-refractivity contribution in [3.63, 3.8) is 0 Å². The second-order valence-electron chi connectivity index (χ2n) is 5.54. The maximum Gasteiger partial charge on any atom is 0.338 e. The van der Waals surface area contributed by atoms with Crippen molar-refractivity contribution in [3.8, 4) is 0 Å². The van der Waals surface area contributed by atoms with Crippen molar-refractivity contribution in [3.05, 3.63) is 35.4 Å². The first-order valence-corrected chi connectivity index (χ1v) is 9.30. The van der Waals surface area contributed by atoms with Crippen LogP contribution in [0.4, 0.5) is 4.79 Å². The summed E-state index contributed by atoms with van der Waals surface area (Å²) < 4.78 is 27.7. The number of hydrogen-bond acceptors (Lipinski definition) is 6. The molecule has 2 rings (SSSR count). The van der Waals surface area contributed by atoms with E-state index in [0.29, 0.717) is 12.1 Å². The first kappa shape index (κ1) is 17.9. The third-order valence-corrected chi connectivity index (χ3v) is 4.20. The van der Waals surface area contributed by atoms with Gasteiger partial charge < -0.3 is 10.1 Å². The number of urea groups is 1. The molecule has 1 atom stereocenters. The van der Waals surface area contributed by atoms with Gasteiger partial charge in [0.25, 0.3) is 5.91 Å². The van der Waals surface area contributed by atoms with Crippen molar-refractivity contribution in [1.82, 2.24) is 10.2 Å². The molecule has 3 amide bonds. The number of ether oxygens (including phenoxy) is 1. The predicted molar refractivity (Wildman–Crippen MR) is 85.0 cm³/mol. The van der Waals surface area contributed by atoms with Crippen molar-refractivity contribution in [1.29, 1.82) is 0 Å². The van der Waals surface area contributed by atoms with Gasteiger partial charge in [-0.25, -0.2) is 18.0 Å². The molecular formula is C15H18N2O6S. The Bertz CT molecular complexity index is 774. The first-order chi connectivity index (χ1) is 11.2. The largest absolute Gasteiger partial charge is 0.449 e. The molecule has 8 nitrogen and oxygen atoms in total. The monoisotopic (exact) mass is 354 g/mol. The van der Waals surface area contributed by atoms with Gasteiger partial charge in [0.2, 0.25) is 0 Å². The van der Waals surface area contributed by atoms with E-state index in [2.05, 4.69) is 5.32 Å². The fourth-order valence-corrected chi connectivity index (χ4v) is 3.06. The minimum atomic E-state index is -3.23. The number of carbonyl (C=O) groups is 3. The molecule has 0 bridgehead atoms. The highest BCUT2D eigenvalue weighted by Gasteiger charge is 2.31. The summed E-state index contributed by atoms with van der Waals surface area (Å²) in [5.41, 5.74) is 0.589. The number of sulfone groups is 1. The first-order valence-electron chi connectivity index (χ1n) is 7.24. The summed E-state index contributed by atoms with van der Waals surface area (Å²) >= 11 is 0. The SMILES string of the molecule is C[C@H](OC(=O)c1cccc(CS(C)(=O)=O)c1)C(=O)N1CCNC1=O. The van der Waals surface area contributed by atoms with E-state index in [-0.39, 0.29) is 17.9 Å². The van der Waals surface area contributed by atoms with Crippen LogP contribution in [0, 0.1) is 0 Å². The summed E-state index contributed by atoms with van der Waals surface area (Å²) in [5, 5.41) is 2.49. The van der Waals surface area contributed by atoms with E-state index in [9.17, 15) is 22.8 Å². The lowest BCUT2D eigenvalue weighted by atomic mass is 10.1. The number of nitrogens with zero attached hydrogens (tertiary/aromatic N) is 1. The van der Waals surface area contributed by atoms with Gasteiger partial charge in [-0.3, -0.25) is 9.69 Å². The van der Waals surface area contributed by atoms with Crippen LogP contribution in [-0.2, 0) is 25.1 Å². The average Bonchev–Trinajstić information content (AvgIpc) is 2.91. The highest BCUT2D eigenvalue weighted by molar-refractivity contribution is 7.89. The molecular weight excluding hydrogens is 336 g/mol. The molecule has 1 aliphatic rings. The molecule has 9 heteroatoms. The molecule has 1 heterocycles. The van der Waals surface area contributed by atoms with Crippen molar-refractivity contribution < 1.29 is 27.5 Å². The highest BCUT2D eigenvalue weighted by Crippen LogP contribution is 2.12. The lowest BCUT2D eigenvalue weighted by Crippen LogP contribution is -2.41. The topological polar surface area (TPSA) is 110 Å². The molecule has 0 spiro atoms. The molecule has 0 aromatic heterocycles. The van der Waals surface area contributed by atoms with Crippen LogP contribution in [0.25, 0.3) is 0 Å². The number of hydrogen-bond donors (Lipinski definition) is 1. The van der Waals surface area contributed by atoms with E-state index < -0.39 is 33.8 Å². The van der Waals surface area contributed by atoms with E-state index in [0.717, 1.165) is 11.2 Å². The minimum Gasteiger partial charge on any atom is -0.449 e. The quantitative estimate of drug-likeness (QED) is 0.763. The summed E-state index contributed by atoms with van der Waals surface area (Å²) in [5.74, 6) is -1.56. The Balaban J connectivity index is 2.05. The normalized spacial score (nSPS) is 15.8. The van der Waals surface area contributed by atoms with Crippen LogP contribution in [-0.4, -0.2) is 56.7 Å². The fraction of sp³-hybridized carbons (Fsp3) is 0.400. The van der Waals surface area contributed by atoms with Gasteiger partial charge in [-0.15, -0.1) is 0 Å². The van der Waals surface area contributed by atoms with Gasteiger partial charge in [0, 0.05) is 19.3 Å². The van der Waals surface area contributed by atoms with Crippen LogP contribution in [0.2, 0.25) is 0 Å². The van der Waals surface area contributed by atoms with Gasteiger partial charge in [-0.05, 0) is 24.6 Å². The van der Waals surface area contributed by atoms with Gasteiger partial charge >= 0.3 is 12.0 Å². The summed E-state index contributed by atoms with van der Waals surface area (Å²) in [6, 6.07) is 5.48. The Morgan fingerprint density at radius 2 is 2.08 bits per heavy atom. The lowest BCUT2D eigenvalue weighted by molar-refractivity contribution is -0.136. The van der Waals surface area contributed by atoms with Gasteiger partial charge in [-0.2, -0.15) is 0 Å². The average molecular weight is 354 g/mol. The second kappa shape index (κ2) is 7.00. The van der Waals surface area contributed by atoms with E-state index >= 15 is 0 Å². The van der Waals surface area contributed by atoms with E-state index in [1.165, 1.54) is 25.1 Å². The molecule has 0 saturated carbocycles. The molecule has 1 aromatic carbocycles. The summed E-state index contributed by atoms with van der Waals surface area (Å²) in [7, 11) is -3.23. The number of imide groups is 1. The molecule has 1 N–H and O–H groups in total. The standard InChI is InChI=1S/C15H18N2O6S/c1-10(13(18)17-7-6-16-15(17)20)23-14(19)12-5-3-4-11(8-12)9-24(2,21)22/h3-5,8,10H,6-7,9H2,1-2H3,(H,16,20)/t10-/m0/s1. The summed E-state index contributed by atoms with van der Waals surface area (Å²) in [6.07, 6.45) is -0.0280. The van der Waals surface area contributed by atoms with Crippen LogP contribution >= 0.6 is 0 Å². The number of esters is 1. The second-order valence-corrected chi connectivity index (χ2v) is 7.68. The van der Waals surface area contributed by atoms with Gasteiger partial charge in [0.1, 0.15) is 0 Å². The Hall–Kier alpha value is -2.42. The third-order valence-electron chi connectivity index (χ3n) is 3.35. The smallest absolute Gasteiger partial charge is 0.338 e. The third kappa shape index (κ3) is 4.54. The molecule has 1 fully saturated rings. The van der Waals surface area contributed by atoms with Crippen LogP contribution in [0.15, 0.2) is 24.3 Å². The Morgan fingerprint density at radius 3 is 2.67 bits per heavy atom. The van der Waals surface area contributed by atoms with E-state index in [1.54, 1.807) is 6.07 Å². The zero-order valence-corrected chi connectivity index (χ0v) is 14.1. The van der Waals surface area contributed by atoms with Crippen LogP contribution in [0.5, 0.6) is 0 Å². The number of carbonyl (C=O) groups excluding carboxylic acids is 3. The maximum absolute atomic E-state index is 12.1. The summed E-state index contributed by atoms with van der Waals surface area (Å²) in [6.45, 7) is 1.97. The number of amides is 3. The van der Waals surface area contributed by atoms with Crippen molar-refractivity contribution in [2.75, 3.05) is 19.3 Å². The Labute approximate surface area is 139 Å². The fourth-order valence-electron chi connectivity index (χ4n) is 2.27. The minimum absolute atomic E-state index is 0.140. The zero-order chi connectivity index (χ0) is 17.9. The van der Waals surface area contributed by atoms with Gasteiger partial charge in [0.05, 0.1) is 11.3 Å². The molecule has 24 heavy (non-hydrogen) atoms. The van der Waals surface area contributed by atoms with Crippen LogP contribution in [0.1, 0.15) is 22.8 Å². The van der Waals surface area contributed by atoms with E-state index in [1.807, 2.05) is 0 Å². The summed E-state index contributed by atoms with van der Waals surface area (Å²) in [4.78, 5) is 36.7. The van der Waals surface area contributed by atoms with Crippen molar-refractivity contribution >= 4 is 27.7 Å². The molecule has 0 unspecified atom stereocenters. The Kier molecular flexibility index (Phi) is 5.23. The van der Waals surface area contributed by atoms with Crippen LogP contribution in [0.3, 0.4) is 0 Å². The van der Waals surface area contributed by atoms with Gasteiger partial charge in [-0.1, -0.05) is 12.1 Å². The molecule has 1 aliphatic heterocycles.